The quantitative estimate of drug-likeness (QED) is 0.655. The molecule has 1 unspecified atom stereocenters. The Morgan fingerprint density at radius 3 is 2.27 bits per heavy atom. The summed E-state index contributed by atoms with van der Waals surface area (Å²) in [4.78, 5) is 14.9. The summed E-state index contributed by atoms with van der Waals surface area (Å²) in [6.07, 6.45) is 2.30. The molecule has 0 fully saturated rings. The molecule has 0 radical (unpaired) electrons. The van der Waals surface area contributed by atoms with Crippen LogP contribution in [0.4, 0.5) is 0 Å². The van der Waals surface area contributed by atoms with Crippen LogP contribution in [0.5, 0.6) is 0 Å². The van der Waals surface area contributed by atoms with Crippen LogP contribution < -0.4 is 10.6 Å². The molecule has 0 aromatic carbocycles. The van der Waals surface area contributed by atoms with Crippen LogP contribution in [-0.2, 0) is 4.79 Å². The molecule has 2 N–H and O–H groups in total. The second-order valence-corrected chi connectivity index (χ2v) is 2.74. The highest BCUT2D eigenvalue weighted by Crippen LogP contribution is 2.05. The van der Waals surface area contributed by atoms with Gasteiger partial charge in [-0.2, -0.15) is 0 Å². The van der Waals surface area contributed by atoms with Crippen molar-refractivity contribution >= 4 is 12.5 Å². The van der Waals surface area contributed by atoms with E-state index in [9.17, 15) is 4.79 Å². The second kappa shape index (κ2) is 10.9. The number of aliphatic imine (C=N–C) groups is 1. The maximum Gasteiger partial charge on any atom is 0.147 e. The number of carbonyl (C=O) groups excluding carboxylic acids is 1. The molecule has 0 saturated heterocycles. The first-order valence-corrected chi connectivity index (χ1v) is 5.16. The summed E-state index contributed by atoms with van der Waals surface area (Å²) in [6.45, 7) is 8.99. The molecule has 0 heterocycles. The largest absolute Gasteiger partial charge is 0.393 e. The molecule has 0 aliphatic heterocycles. The highest BCUT2D eigenvalue weighted by Gasteiger charge is 2.12. The summed E-state index contributed by atoms with van der Waals surface area (Å²) in [5, 5.41) is 5.77. The summed E-state index contributed by atoms with van der Waals surface area (Å²) in [7, 11) is 3.54. The lowest BCUT2D eigenvalue weighted by Gasteiger charge is -2.12. The molecular weight excluding hydrogens is 190 g/mol. The van der Waals surface area contributed by atoms with E-state index < -0.39 is 0 Å². The van der Waals surface area contributed by atoms with Crippen LogP contribution in [0.2, 0.25) is 0 Å². The molecule has 0 aliphatic rings. The number of carbonyl (C=O) groups is 1. The zero-order valence-corrected chi connectivity index (χ0v) is 10.4. The molecule has 0 bridgehead atoms. The van der Waals surface area contributed by atoms with E-state index >= 15 is 0 Å². The van der Waals surface area contributed by atoms with Crippen LogP contribution >= 0.6 is 0 Å². The standard InChI is InChI=1S/C9H17N3O.C2H6/c1-7(13)9(12-4)5-8(11-3)6-10-2;1-2/h6,9-10,12H,3,5H2,1-2,4H3;1-2H3/b8-6-;. The predicted molar refractivity (Wildman–Crippen MR) is 66.2 cm³/mol. The molecule has 0 aromatic rings. The number of rotatable bonds is 6. The summed E-state index contributed by atoms with van der Waals surface area (Å²) < 4.78 is 0. The Morgan fingerprint density at radius 2 is 2.00 bits per heavy atom. The minimum Gasteiger partial charge on any atom is -0.393 e. The average Bonchev–Trinajstić information content (AvgIpc) is 2.26. The van der Waals surface area contributed by atoms with Crippen LogP contribution in [0.25, 0.3) is 0 Å². The topological polar surface area (TPSA) is 53.5 Å². The van der Waals surface area contributed by atoms with E-state index in [1.165, 1.54) is 0 Å². The fourth-order valence-corrected chi connectivity index (χ4v) is 0.994. The SMILES string of the molecule is C=N/C(=C\NC)CC(NC)C(C)=O.CC. The number of ketones is 1. The van der Waals surface area contributed by atoms with E-state index in [0.717, 1.165) is 5.70 Å². The number of Topliss-reactive ketones (excluding diaryl/α,β-unsaturated/α-hetero) is 1. The molecule has 0 rings (SSSR count). The third-order valence-electron chi connectivity index (χ3n) is 1.77. The van der Waals surface area contributed by atoms with Crippen molar-refractivity contribution in [2.75, 3.05) is 14.1 Å². The first kappa shape index (κ1) is 16.3. The van der Waals surface area contributed by atoms with Gasteiger partial charge in [0, 0.05) is 19.7 Å². The molecule has 0 aromatic heterocycles. The number of hydrogen-bond donors (Lipinski definition) is 2. The molecule has 0 saturated carbocycles. The smallest absolute Gasteiger partial charge is 0.147 e. The van der Waals surface area contributed by atoms with Gasteiger partial charge in [0.1, 0.15) is 5.78 Å². The first-order valence-electron chi connectivity index (χ1n) is 5.16. The molecule has 0 amide bonds. The van der Waals surface area contributed by atoms with Crippen LogP contribution in [-0.4, -0.2) is 32.6 Å². The summed E-state index contributed by atoms with van der Waals surface area (Å²) in [5.41, 5.74) is 0.775. The van der Waals surface area contributed by atoms with Gasteiger partial charge in [-0.05, 0) is 20.7 Å². The highest BCUT2D eigenvalue weighted by molar-refractivity contribution is 5.81. The van der Waals surface area contributed by atoms with Gasteiger partial charge in [0.15, 0.2) is 0 Å². The maximum atomic E-state index is 11.1. The van der Waals surface area contributed by atoms with Crippen LogP contribution in [0, 0.1) is 0 Å². The lowest BCUT2D eigenvalue weighted by Crippen LogP contribution is -2.32. The van der Waals surface area contributed by atoms with E-state index in [1.807, 2.05) is 13.8 Å². The average molecular weight is 213 g/mol. The van der Waals surface area contributed by atoms with E-state index in [0.29, 0.717) is 6.42 Å². The normalized spacial score (nSPS) is 12.2. The summed E-state index contributed by atoms with van der Waals surface area (Å²) in [6, 6.07) is -0.176. The zero-order chi connectivity index (χ0) is 12.3. The van der Waals surface area contributed by atoms with E-state index in [2.05, 4.69) is 22.3 Å². The number of hydrogen-bond acceptors (Lipinski definition) is 4. The minimum absolute atomic E-state index is 0.105. The van der Waals surface area contributed by atoms with Crippen molar-refractivity contribution in [2.24, 2.45) is 4.99 Å². The fourth-order valence-electron chi connectivity index (χ4n) is 0.994. The van der Waals surface area contributed by atoms with E-state index in [4.69, 9.17) is 0 Å². The number of nitrogens with one attached hydrogen (secondary N) is 2. The van der Waals surface area contributed by atoms with Gasteiger partial charge in [-0.3, -0.25) is 9.79 Å². The van der Waals surface area contributed by atoms with Crippen molar-refractivity contribution in [1.29, 1.82) is 0 Å². The number of nitrogens with zero attached hydrogens (tertiary/aromatic N) is 1. The Morgan fingerprint density at radius 1 is 1.47 bits per heavy atom. The van der Waals surface area contributed by atoms with Gasteiger partial charge in [-0.15, -0.1) is 0 Å². The van der Waals surface area contributed by atoms with Crippen LogP contribution in [0.15, 0.2) is 16.9 Å². The maximum absolute atomic E-state index is 11.1. The Bertz CT molecular complexity index is 212. The fraction of sp³-hybridized carbons (Fsp3) is 0.636. The summed E-state index contributed by atoms with van der Waals surface area (Å²) in [5.74, 6) is 0.105. The van der Waals surface area contributed by atoms with Crippen LogP contribution in [0.3, 0.4) is 0 Å². The van der Waals surface area contributed by atoms with E-state index in [-0.39, 0.29) is 11.8 Å². The molecule has 0 spiro atoms. The van der Waals surface area contributed by atoms with Gasteiger partial charge < -0.3 is 10.6 Å². The molecular formula is C11H23N3O. The van der Waals surface area contributed by atoms with Crippen molar-refractivity contribution in [1.82, 2.24) is 10.6 Å². The molecule has 1 atom stereocenters. The van der Waals surface area contributed by atoms with Crippen LogP contribution in [0.1, 0.15) is 27.2 Å². The van der Waals surface area contributed by atoms with Gasteiger partial charge in [0.2, 0.25) is 0 Å². The first-order chi connectivity index (χ1) is 7.15. The third kappa shape index (κ3) is 7.88. The van der Waals surface area contributed by atoms with Gasteiger partial charge in [0.25, 0.3) is 0 Å². The van der Waals surface area contributed by atoms with Gasteiger partial charge in [0.05, 0.1) is 11.7 Å². The summed E-state index contributed by atoms with van der Waals surface area (Å²) >= 11 is 0. The Labute approximate surface area is 92.9 Å². The third-order valence-corrected chi connectivity index (χ3v) is 1.77. The predicted octanol–water partition coefficient (Wildman–Crippen LogP) is 1.34. The lowest BCUT2D eigenvalue weighted by atomic mass is 10.1. The van der Waals surface area contributed by atoms with Gasteiger partial charge in [-0.1, -0.05) is 13.8 Å². The molecule has 4 nitrogen and oxygen atoms in total. The van der Waals surface area contributed by atoms with Crippen molar-refractivity contribution in [3.63, 3.8) is 0 Å². The highest BCUT2D eigenvalue weighted by atomic mass is 16.1. The molecule has 15 heavy (non-hydrogen) atoms. The van der Waals surface area contributed by atoms with Gasteiger partial charge in [-0.25, -0.2) is 0 Å². The Hall–Kier alpha value is -1.16. The Balaban J connectivity index is 0. The van der Waals surface area contributed by atoms with E-state index in [1.54, 1.807) is 27.2 Å². The molecule has 0 aliphatic carbocycles. The van der Waals surface area contributed by atoms with Crippen molar-refractivity contribution in [3.05, 3.63) is 11.9 Å². The zero-order valence-electron chi connectivity index (χ0n) is 10.4. The van der Waals surface area contributed by atoms with Gasteiger partial charge >= 0.3 is 0 Å². The monoisotopic (exact) mass is 213 g/mol. The Kier molecular flexibility index (Phi) is 11.8. The molecule has 88 valence electrons. The van der Waals surface area contributed by atoms with Crippen molar-refractivity contribution in [2.45, 2.75) is 33.2 Å². The second-order valence-electron chi connectivity index (χ2n) is 2.74. The molecule has 4 heteroatoms. The van der Waals surface area contributed by atoms with Crippen molar-refractivity contribution < 1.29 is 4.79 Å². The lowest BCUT2D eigenvalue weighted by molar-refractivity contribution is -0.118. The van der Waals surface area contributed by atoms with Crippen molar-refractivity contribution in [3.8, 4) is 0 Å². The number of likely N-dealkylation sites (N-methyl/N-ethyl adjacent to an activating group) is 1. The minimum atomic E-state index is -0.176.